The highest BCUT2D eigenvalue weighted by molar-refractivity contribution is 9.11. The Kier molecular flexibility index (Phi) is 4.54. The zero-order valence-electron chi connectivity index (χ0n) is 11.6. The third-order valence-corrected chi connectivity index (χ3v) is 5.60. The topological polar surface area (TPSA) is 57.6 Å². The molecule has 1 atom stereocenters. The van der Waals surface area contributed by atoms with Gasteiger partial charge in [-0.25, -0.2) is 0 Å². The van der Waals surface area contributed by atoms with Gasteiger partial charge in [-0.1, -0.05) is 0 Å². The lowest BCUT2D eigenvalue weighted by Crippen LogP contribution is -2.46. The van der Waals surface area contributed by atoms with E-state index < -0.39 is 11.4 Å². The number of carboxylic acid groups (broad SMARTS) is 1. The number of carboxylic acids is 1. The first kappa shape index (κ1) is 15.5. The van der Waals surface area contributed by atoms with Crippen molar-refractivity contribution in [3.8, 4) is 0 Å². The number of hydrogen-bond donors (Lipinski definition) is 1. The van der Waals surface area contributed by atoms with Gasteiger partial charge < -0.3 is 10.0 Å². The number of likely N-dealkylation sites (tertiary alicyclic amines) is 1. The number of piperidine rings is 1. The Morgan fingerprint density at radius 1 is 1.50 bits per heavy atom. The number of carbonyl (C=O) groups excluding carboxylic acids is 1. The lowest BCUT2D eigenvalue weighted by atomic mass is 9.74. The van der Waals surface area contributed by atoms with Crippen LogP contribution in [0.25, 0.3) is 0 Å². The fourth-order valence-electron chi connectivity index (χ4n) is 2.53. The molecular weight excluding hydrogens is 342 g/mol. The molecule has 1 N–H and O–H groups in total. The van der Waals surface area contributed by atoms with E-state index in [1.165, 1.54) is 11.3 Å². The second kappa shape index (κ2) is 5.85. The minimum atomic E-state index is -0.797. The molecule has 1 aromatic heterocycles. The van der Waals surface area contributed by atoms with Gasteiger partial charge in [0.2, 0.25) is 0 Å². The van der Waals surface area contributed by atoms with Gasteiger partial charge in [-0.2, -0.15) is 0 Å². The summed E-state index contributed by atoms with van der Waals surface area (Å²) in [6, 6.07) is 1.82. The van der Waals surface area contributed by atoms with Crippen molar-refractivity contribution in [1.82, 2.24) is 4.90 Å². The number of carbonyl (C=O) groups is 2. The maximum Gasteiger partial charge on any atom is 0.309 e. The largest absolute Gasteiger partial charge is 0.481 e. The van der Waals surface area contributed by atoms with Crippen LogP contribution in [0.3, 0.4) is 0 Å². The summed E-state index contributed by atoms with van der Waals surface area (Å²) >= 11 is 4.84. The summed E-state index contributed by atoms with van der Waals surface area (Å²) in [6.07, 6.45) is 1.72. The molecule has 0 aromatic carbocycles. The highest BCUT2D eigenvalue weighted by Crippen LogP contribution is 2.35. The lowest BCUT2D eigenvalue weighted by molar-refractivity contribution is -0.151. The number of nitrogens with zero attached hydrogens (tertiary/aromatic N) is 1. The van der Waals surface area contributed by atoms with Crippen molar-refractivity contribution in [3.63, 3.8) is 0 Å². The van der Waals surface area contributed by atoms with Crippen LogP contribution in [0.1, 0.15) is 37.0 Å². The summed E-state index contributed by atoms with van der Waals surface area (Å²) in [5.41, 5.74) is -0.121. The molecule has 0 aliphatic carbocycles. The van der Waals surface area contributed by atoms with Crippen LogP contribution in [0.5, 0.6) is 0 Å². The molecule has 1 fully saturated rings. The number of amides is 1. The Hall–Kier alpha value is -0.880. The van der Waals surface area contributed by atoms with E-state index in [9.17, 15) is 14.7 Å². The van der Waals surface area contributed by atoms with Crippen molar-refractivity contribution in [2.45, 2.75) is 26.7 Å². The molecule has 0 radical (unpaired) electrons. The quantitative estimate of drug-likeness (QED) is 0.898. The molecule has 0 saturated carbocycles. The molecule has 1 aromatic rings. The monoisotopic (exact) mass is 359 g/mol. The van der Waals surface area contributed by atoms with Crippen molar-refractivity contribution < 1.29 is 14.7 Å². The van der Waals surface area contributed by atoms with Crippen LogP contribution in [-0.4, -0.2) is 35.0 Å². The molecule has 0 bridgehead atoms. The van der Waals surface area contributed by atoms with E-state index in [1.54, 1.807) is 18.7 Å². The molecule has 2 heterocycles. The summed E-state index contributed by atoms with van der Waals surface area (Å²) in [4.78, 5) is 25.6. The third-order valence-electron chi connectivity index (χ3n) is 4.09. The molecule has 1 saturated heterocycles. The first-order valence-electron chi connectivity index (χ1n) is 6.59. The molecule has 1 unspecified atom stereocenters. The van der Waals surface area contributed by atoms with Gasteiger partial charge in [0, 0.05) is 18.5 Å². The first-order valence-corrected chi connectivity index (χ1v) is 8.26. The molecule has 20 heavy (non-hydrogen) atoms. The van der Waals surface area contributed by atoms with Gasteiger partial charge in [0.25, 0.3) is 5.91 Å². The van der Waals surface area contributed by atoms with Gasteiger partial charge in [0.15, 0.2) is 0 Å². The van der Waals surface area contributed by atoms with E-state index in [1.807, 2.05) is 11.4 Å². The van der Waals surface area contributed by atoms with E-state index >= 15 is 0 Å². The summed E-state index contributed by atoms with van der Waals surface area (Å²) in [6.45, 7) is 4.72. The molecule has 110 valence electrons. The Balaban J connectivity index is 2.11. The van der Waals surface area contributed by atoms with E-state index in [0.717, 1.165) is 16.6 Å². The number of halogens is 1. The number of rotatable bonds is 3. The molecule has 1 amide bonds. The maximum absolute atomic E-state index is 12.4. The Labute approximate surface area is 130 Å². The molecule has 1 aliphatic heterocycles. The van der Waals surface area contributed by atoms with Crippen molar-refractivity contribution in [3.05, 3.63) is 20.8 Å². The Morgan fingerprint density at radius 3 is 2.75 bits per heavy atom. The first-order chi connectivity index (χ1) is 9.32. The molecular formula is C14H18BrNO3S. The highest BCUT2D eigenvalue weighted by Gasteiger charge is 2.40. The van der Waals surface area contributed by atoms with Gasteiger partial charge in [0.05, 0.1) is 14.8 Å². The molecule has 1 aliphatic rings. The zero-order chi connectivity index (χ0) is 14.9. The van der Waals surface area contributed by atoms with Gasteiger partial charge in [-0.05, 0) is 54.6 Å². The SMILES string of the molecule is CC(C)(C(=O)O)C1CCCN(C(=O)c2csc(Br)c2)C1. The summed E-state index contributed by atoms with van der Waals surface area (Å²) in [5.74, 6) is -0.798. The van der Waals surface area contributed by atoms with Gasteiger partial charge in [-0.3, -0.25) is 9.59 Å². The molecule has 4 nitrogen and oxygen atoms in total. The highest BCUT2D eigenvalue weighted by atomic mass is 79.9. The van der Waals surface area contributed by atoms with Gasteiger partial charge in [-0.15, -0.1) is 11.3 Å². The van der Waals surface area contributed by atoms with Crippen molar-refractivity contribution >= 4 is 39.1 Å². The van der Waals surface area contributed by atoms with Crippen LogP contribution in [0.15, 0.2) is 15.2 Å². The van der Waals surface area contributed by atoms with Crippen LogP contribution in [0.4, 0.5) is 0 Å². The summed E-state index contributed by atoms with van der Waals surface area (Å²) in [7, 11) is 0. The van der Waals surface area contributed by atoms with Crippen molar-refractivity contribution in [2.75, 3.05) is 13.1 Å². The van der Waals surface area contributed by atoms with E-state index in [0.29, 0.717) is 18.7 Å². The summed E-state index contributed by atoms with van der Waals surface area (Å²) < 4.78 is 0.931. The smallest absolute Gasteiger partial charge is 0.309 e. The Morgan fingerprint density at radius 2 is 2.20 bits per heavy atom. The van der Waals surface area contributed by atoms with Crippen LogP contribution >= 0.6 is 27.3 Å². The van der Waals surface area contributed by atoms with E-state index in [-0.39, 0.29) is 11.8 Å². The van der Waals surface area contributed by atoms with Gasteiger partial charge >= 0.3 is 5.97 Å². The summed E-state index contributed by atoms with van der Waals surface area (Å²) in [5, 5.41) is 11.2. The fraction of sp³-hybridized carbons (Fsp3) is 0.571. The standard InChI is InChI=1S/C14H18BrNO3S/c1-14(2,13(18)19)10-4-3-5-16(7-10)12(17)9-6-11(15)20-8-9/h6,8,10H,3-5,7H2,1-2H3,(H,18,19). The molecule has 0 spiro atoms. The fourth-order valence-corrected chi connectivity index (χ4v) is 3.66. The number of thiophene rings is 1. The maximum atomic E-state index is 12.4. The molecule has 2 rings (SSSR count). The zero-order valence-corrected chi connectivity index (χ0v) is 14.0. The lowest BCUT2D eigenvalue weighted by Gasteiger charge is -2.39. The predicted molar refractivity (Wildman–Crippen MR) is 82.1 cm³/mol. The van der Waals surface area contributed by atoms with E-state index in [2.05, 4.69) is 15.9 Å². The number of aliphatic carboxylic acids is 1. The third kappa shape index (κ3) is 3.06. The van der Waals surface area contributed by atoms with Crippen LogP contribution in [0.2, 0.25) is 0 Å². The second-order valence-corrected chi connectivity index (χ2v) is 8.05. The Bertz CT molecular complexity index is 526. The van der Waals surface area contributed by atoms with Gasteiger partial charge in [0.1, 0.15) is 0 Å². The predicted octanol–water partition coefficient (Wildman–Crippen LogP) is 3.47. The van der Waals surface area contributed by atoms with Crippen LogP contribution in [0, 0.1) is 11.3 Å². The molecule has 6 heteroatoms. The van der Waals surface area contributed by atoms with Crippen LogP contribution < -0.4 is 0 Å². The second-order valence-electron chi connectivity index (χ2n) is 5.76. The average molecular weight is 360 g/mol. The minimum absolute atomic E-state index is 0.000207. The average Bonchev–Trinajstić information content (AvgIpc) is 2.84. The van der Waals surface area contributed by atoms with Crippen molar-refractivity contribution in [1.29, 1.82) is 0 Å². The number of hydrogen-bond acceptors (Lipinski definition) is 3. The normalized spacial score (nSPS) is 19.9. The van der Waals surface area contributed by atoms with Crippen molar-refractivity contribution in [2.24, 2.45) is 11.3 Å². The van der Waals surface area contributed by atoms with Crippen LogP contribution in [-0.2, 0) is 4.79 Å². The minimum Gasteiger partial charge on any atom is -0.481 e. The van der Waals surface area contributed by atoms with E-state index in [4.69, 9.17) is 0 Å².